The summed E-state index contributed by atoms with van der Waals surface area (Å²) in [4.78, 5) is 27.3. The van der Waals surface area contributed by atoms with Crippen LogP contribution in [0.3, 0.4) is 0 Å². The predicted molar refractivity (Wildman–Crippen MR) is 73.9 cm³/mol. The number of carboxylic acid groups (broad SMARTS) is 1. The van der Waals surface area contributed by atoms with Gasteiger partial charge < -0.3 is 9.94 Å². The van der Waals surface area contributed by atoms with E-state index in [0.29, 0.717) is 10.7 Å². The Kier molecular flexibility index (Phi) is 4.22. The zero-order chi connectivity index (χ0) is 14.5. The molecule has 5 nitrogen and oxygen atoms in total. The third-order valence-corrected chi connectivity index (χ3v) is 2.69. The molecule has 2 aromatic carbocycles. The molecule has 0 fully saturated rings. The molecule has 2 rings (SSSR count). The molecule has 0 atom stereocenters. The number of nitrogens with one attached hydrogen (secondary N) is 1. The van der Waals surface area contributed by atoms with Crippen LogP contribution < -0.4 is 5.48 Å². The van der Waals surface area contributed by atoms with Crippen LogP contribution in [0.5, 0.6) is 0 Å². The van der Waals surface area contributed by atoms with Gasteiger partial charge in [-0.05, 0) is 42.5 Å². The van der Waals surface area contributed by atoms with Crippen molar-refractivity contribution in [2.45, 2.75) is 0 Å². The van der Waals surface area contributed by atoms with Crippen molar-refractivity contribution in [1.82, 2.24) is 0 Å². The number of halogens is 1. The van der Waals surface area contributed by atoms with Crippen molar-refractivity contribution in [1.29, 1.82) is 0 Å². The maximum Gasteiger partial charge on any atom is 0.362 e. The van der Waals surface area contributed by atoms with Crippen LogP contribution in [0.4, 0.5) is 5.69 Å². The van der Waals surface area contributed by atoms with E-state index in [1.165, 1.54) is 24.3 Å². The summed E-state index contributed by atoms with van der Waals surface area (Å²) >= 11 is 5.79. The Labute approximate surface area is 119 Å². The summed E-state index contributed by atoms with van der Waals surface area (Å²) in [5.74, 6) is -1.68. The minimum atomic E-state index is -1.05. The number of carbonyl (C=O) groups excluding carboxylic acids is 1. The van der Waals surface area contributed by atoms with Crippen LogP contribution in [0.25, 0.3) is 0 Å². The number of benzene rings is 2. The lowest BCUT2D eigenvalue weighted by molar-refractivity contribution is 0.0594. The minimum Gasteiger partial charge on any atom is -0.478 e. The Morgan fingerprint density at radius 1 is 1.05 bits per heavy atom. The lowest BCUT2D eigenvalue weighted by Gasteiger charge is -2.07. The Morgan fingerprint density at radius 2 is 1.70 bits per heavy atom. The molecule has 0 amide bonds. The number of hydrogen-bond donors (Lipinski definition) is 2. The third-order valence-electron chi connectivity index (χ3n) is 2.45. The molecule has 0 aromatic heterocycles. The summed E-state index contributed by atoms with van der Waals surface area (Å²) < 4.78 is 0. The first-order valence-corrected chi connectivity index (χ1v) is 6.00. The molecule has 0 aliphatic carbocycles. The Bertz CT molecular complexity index is 640. The Balaban J connectivity index is 1.99. The number of anilines is 1. The monoisotopic (exact) mass is 291 g/mol. The molecule has 20 heavy (non-hydrogen) atoms. The topological polar surface area (TPSA) is 75.6 Å². The number of carboxylic acids is 1. The summed E-state index contributed by atoms with van der Waals surface area (Å²) in [5.41, 5.74) is 3.35. The van der Waals surface area contributed by atoms with Gasteiger partial charge in [-0.1, -0.05) is 17.7 Å². The molecule has 0 unspecified atom stereocenters. The maximum absolute atomic E-state index is 11.7. The van der Waals surface area contributed by atoms with E-state index in [-0.39, 0.29) is 11.1 Å². The van der Waals surface area contributed by atoms with Crippen molar-refractivity contribution < 1.29 is 19.5 Å². The van der Waals surface area contributed by atoms with Crippen molar-refractivity contribution in [2.75, 3.05) is 5.48 Å². The van der Waals surface area contributed by atoms with Gasteiger partial charge in [0.2, 0.25) is 0 Å². The van der Waals surface area contributed by atoms with Gasteiger partial charge in [-0.25, -0.2) is 15.1 Å². The zero-order valence-electron chi connectivity index (χ0n) is 10.2. The van der Waals surface area contributed by atoms with Gasteiger partial charge in [-0.2, -0.15) is 0 Å². The van der Waals surface area contributed by atoms with Crippen molar-refractivity contribution in [2.24, 2.45) is 0 Å². The van der Waals surface area contributed by atoms with Gasteiger partial charge in [0.05, 0.1) is 16.8 Å². The summed E-state index contributed by atoms with van der Waals surface area (Å²) in [6, 6.07) is 12.1. The molecule has 0 saturated heterocycles. The van der Waals surface area contributed by atoms with E-state index >= 15 is 0 Å². The van der Waals surface area contributed by atoms with Gasteiger partial charge in [0, 0.05) is 5.02 Å². The van der Waals surface area contributed by atoms with Crippen molar-refractivity contribution in [3.8, 4) is 0 Å². The second-order valence-electron chi connectivity index (χ2n) is 3.88. The van der Waals surface area contributed by atoms with Crippen molar-refractivity contribution in [3.63, 3.8) is 0 Å². The van der Waals surface area contributed by atoms with E-state index in [0.717, 1.165) is 0 Å². The molecule has 0 aliphatic heterocycles. The number of carbonyl (C=O) groups is 2. The molecule has 0 heterocycles. The second kappa shape index (κ2) is 6.08. The third kappa shape index (κ3) is 3.49. The molecule has 0 saturated carbocycles. The van der Waals surface area contributed by atoms with E-state index in [9.17, 15) is 9.59 Å². The highest BCUT2D eigenvalue weighted by molar-refractivity contribution is 6.30. The quantitative estimate of drug-likeness (QED) is 0.846. The lowest BCUT2D eigenvalue weighted by atomic mass is 10.1. The molecule has 2 N–H and O–H groups in total. The van der Waals surface area contributed by atoms with Crippen LogP contribution in [-0.2, 0) is 4.84 Å². The second-order valence-corrected chi connectivity index (χ2v) is 4.32. The maximum atomic E-state index is 11.7. The van der Waals surface area contributed by atoms with Crippen LogP contribution >= 0.6 is 11.6 Å². The lowest BCUT2D eigenvalue weighted by Crippen LogP contribution is -2.11. The highest BCUT2D eigenvalue weighted by atomic mass is 35.5. The smallest absolute Gasteiger partial charge is 0.362 e. The van der Waals surface area contributed by atoms with Crippen LogP contribution in [-0.4, -0.2) is 17.0 Å². The van der Waals surface area contributed by atoms with Crippen LogP contribution in [0.15, 0.2) is 48.5 Å². The normalized spacial score (nSPS) is 9.85. The molecule has 102 valence electrons. The SMILES string of the molecule is O=C(O)c1ccc(C(=O)ONc2cccc(Cl)c2)cc1. The Morgan fingerprint density at radius 3 is 2.30 bits per heavy atom. The van der Waals surface area contributed by atoms with Crippen LogP contribution in [0.1, 0.15) is 20.7 Å². The van der Waals surface area contributed by atoms with Crippen molar-refractivity contribution in [3.05, 3.63) is 64.7 Å². The zero-order valence-corrected chi connectivity index (χ0v) is 10.9. The molecule has 0 spiro atoms. The molecule has 2 aromatic rings. The largest absolute Gasteiger partial charge is 0.478 e. The summed E-state index contributed by atoms with van der Waals surface area (Å²) in [7, 11) is 0. The summed E-state index contributed by atoms with van der Waals surface area (Å²) in [6.07, 6.45) is 0. The van der Waals surface area contributed by atoms with Gasteiger partial charge in [-0.15, -0.1) is 0 Å². The van der Waals surface area contributed by atoms with Gasteiger partial charge >= 0.3 is 11.9 Å². The predicted octanol–water partition coefficient (Wildman–Crippen LogP) is 3.22. The highest BCUT2D eigenvalue weighted by Gasteiger charge is 2.09. The van der Waals surface area contributed by atoms with Gasteiger partial charge in [0.25, 0.3) is 0 Å². The fraction of sp³-hybridized carbons (Fsp3) is 0. The summed E-state index contributed by atoms with van der Waals surface area (Å²) in [6.45, 7) is 0. The van der Waals surface area contributed by atoms with Crippen LogP contribution in [0.2, 0.25) is 5.02 Å². The molecule has 0 bridgehead atoms. The van der Waals surface area contributed by atoms with E-state index in [2.05, 4.69) is 5.48 Å². The number of rotatable bonds is 4. The molecule has 0 aliphatic rings. The number of aromatic carboxylic acids is 1. The Hall–Kier alpha value is -2.53. The molecule has 0 radical (unpaired) electrons. The van der Waals surface area contributed by atoms with Gasteiger partial charge in [-0.3, -0.25) is 0 Å². The fourth-order valence-corrected chi connectivity index (χ4v) is 1.66. The minimum absolute atomic E-state index is 0.101. The average molecular weight is 292 g/mol. The first kappa shape index (κ1) is 13.9. The average Bonchev–Trinajstić information content (AvgIpc) is 2.45. The van der Waals surface area contributed by atoms with Crippen molar-refractivity contribution >= 4 is 29.2 Å². The van der Waals surface area contributed by atoms with Gasteiger partial charge in [0.1, 0.15) is 0 Å². The molecule has 6 heteroatoms. The van der Waals surface area contributed by atoms with E-state index < -0.39 is 11.9 Å². The van der Waals surface area contributed by atoms with E-state index in [4.69, 9.17) is 21.5 Å². The van der Waals surface area contributed by atoms with Gasteiger partial charge in [0.15, 0.2) is 0 Å². The first-order valence-electron chi connectivity index (χ1n) is 5.62. The first-order chi connectivity index (χ1) is 9.56. The van der Waals surface area contributed by atoms with E-state index in [1.807, 2.05) is 0 Å². The highest BCUT2D eigenvalue weighted by Crippen LogP contribution is 2.15. The summed E-state index contributed by atoms with van der Waals surface area (Å²) in [5, 5.41) is 9.26. The van der Waals surface area contributed by atoms with E-state index in [1.54, 1.807) is 24.3 Å². The van der Waals surface area contributed by atoms with Crippen LogP contribution in [0, 0.1) is 0 Å². The fourth-order valence-electron chi connectivity index (χ4n) is 1.47. The molecular formula is C14H10ClNO4. The number of hydrogen-bond acceptors (Lipinski definition) is 4. The molecular weight excluding hydrogens is 282 g/mol. The standard InChI is InChI=1S/C14H10ClNO4/c15-11-2-1-3-12(8-11)16-20-14(19)10-6-4-9(5-7-10)13(17)18/h1-8,16H,(H,17,18).